The SMILES string of the molecule is C=CC(=C)C(C)(O)Cn1c(C#N)cc2c(C)c(CN3CCC(Nc4ncnc5sc(CC(F)(F)F)cc45)CC3)ccc21. The van der Waals surface area contributed by atoms with Crippen LogP contribution < -0.4 is 5.32 Å². The lowest BCUT2D eigenvalue weighted by atomic mass is 9.97. The van der Waals surface area contributed by atoms with Crippen LogP contribution >= 0.6 is 11.3 Å². The largest absolute Gasteiger partial charge is 0.393 e. The Morgan fingerprint density at radius 1 is 1.24 bits per heavy atom. The molecule has 3 aromatic heterocycles. The maximum absolute atomic E-state index is 12.9. The molecule has 7 nitrogen and oxygen atoms in total. The first-order valence-corrected chi connectivity index (χ1v) is 14.5. The molecule has 11 heteroatoms. The van der Waals surface area contributed by atoms with Gasteiger partial charge in [0.1, 0.15) is 34.3 Å². The molecule has 0 spiro atoms. The number of likely N-dealkylation sites (tertiary alicyclic amines) is 1. The van der Waals surface area contributed by atoms with Crippen LogP contribution in [-0.2, 0) is 19.5 Å². The molecule has 5 rings (SSSR count). The van der Waals surface area contributed by atoms with E-state index in [1.807, 2.05) is 16.7 Å². The van der Waals surface area contributed by atoms with Crippen LogP contribution in [0.15, 0.2) is 55.4 Å². The number of halogens is 3. The van der Waals surface area contributed by atoms with E-state index < -0.39 is 18.2 Å². The van der Waals surface area contributed by atoms with Crippen molar-refractivity contribution in [2.75, 3.05) is 18.4 Å². The summed E-state index contributed by atoms with van der Waals surface area (Å²) >= 11 is 1.05. The van der Waals surface area contributed by atoms with Crippen molar-refractivity contribution >= 4 is 38.3 Å². The number of nitrogens with one attached hydrogen (secondary N) is 1. The van der Waals surface area contributed by atoms with Gasteiger partial charge in [-0.05, 0) is 61.6 Å². The van der Waals surface area contributed by atoms with Gasteiger partial charge in [-0.1, -0.05) is 25.3 Å². The van der Waals surface area contributed by atoms with Crippen molar-refractivity contribution in [3.63, 3.8) is 0 Å². The summed E-state index contributed by atoms with van der Waals surface area (Å²) < 4.78 is 40.5. The van der Waals surface area contributed by atoms with Gasteiger partial charge in [0.25, 0.3) is 0 Å². The van der Waals surface area contributed by atoms with E-state index in [9.17, 15) is 23.5 Å². The Balaban J connectivity index is 1.26. The molecule has 1 aliphatic heterocycles. The molecule has 0 saturated carbocycles. The Labute approximate surface area is 246 Å². The summed E-state index contributed by atoms with van der Waals surface area (Å²) in [7, 11) is 0. The highest BCUT2D eigenvalue weighted by atomic mass is 32.1. The second kappa shape index (κ2) is 11.5. The van der Waals surface area contributed by atoms with Gasteiger partial charge in [-0.2, -0.15) is 18.4 Å². The van der Waals surface area contributed by atoms with Crippen LogP contribution in [0.25, 0.3) is 21.1 Å². The lowest BCUT2D eigenvalue weighted by Crippen LogP contribution is -2.39. The number of benzene rings is 1. The highest BCUT2D eigenvalue weighted by molar-refractivity contribution is 7.18. The summed E-state index contributed by atoms with van der Waals surface area (Å²) in [5, 5.41) is 25.8. The molecule has 220 valence electrons. The van der Waals surface area contributed by atoms with Gasteiger partial charge in [0.2, 0.25) is 0 Å². The first-order chi connectivity index (χ1) is 19.9. The van der Waals surface area contributed by atoms with Crippen LogP contribution in [0.3, 0.4) is 0 Å². The quantitative estimate of drug-likeness (QED) is 0.215. The van der Waals surface area contributed by atoms with E-state index in [-0.39, 0.29) is 17.5 Å². The number of fused-ring (bicyclic) bond motifs is 2. The van der Waals surface area contributed by atoms with Crippen molar-refractivity contribution in [3.05, 3.63) is 77.1 Å². The molecule has 1 saturated heterocycles. The smallest absolute Gasteiger partial charge is 0.384 e. The monoisotopic (exact) mass is 594 g/mol. The van der Waals surface area contributed by atoms with E-state index in [1.165, 1.54) is 18.0 Å². The second-order valence-corrected chi connectivity index (χ2v) is 12.3. The van der Waals surface area contributed by atoms with Gasteiger partial charge in [0, 0.05) is 41.5 Å². The fourth-order valence-corrected chi connectivity index (χ4v) is 6.59. The first-order valence-electron chi connectivity index (χ1n) is 13.7. The van der Waals surface area contributed by atoms with Crippen LogP contribution in [0.5, 0.6) is 0 Å². The second-order valence-electron chi connectivity index (χ2n) is 11.2. The van der Waals surface area contributed by atoms with Crippen molar-refractivity contribution in [1.82, 2.24) is 19.4 Å². The molecule has 1 atom stereocenters. The van der Waals surface area contributed by atoms with Gasteiger partial charge in [0.05, 0.1) is 18.4 Å². The van der Waals surface area contributed by atoms with Crippen LogP contribution in [0, 0.1) is 18.3 Å². The summed E-state index contributed by atoms with van der Waals surface area (Å²) in [5.74, 6) is 0.581. The van der Waals surface area contributed by atoms with Crippen molar-refractivity contribution in [1.29, 1.82) is 5.26 Å². The number of hydrogen-bond acceptors (Lipinski definition) is 7. The molecule has 1 unspecified atom stereocenters. The summed E-state index contributed by atoms with van der Waals surface area (Å²) in [6.07, 6.45) is -0.571. The number of aliphatic hydroxyl groups is 1. The molecular formula is C31H33F3N6OS. The van der Waals surface area contributed by atoms with Gasteiger partial charge in [-0.15, -0.1) is 11.3 Å². The topological polar surface area (TPSA) is 90.0 Å². The van der Waals surface area contributed by atoms with Gasteiger partial charge < -0.3 is 15.0 Å². The zero-order valence-corrected chi connectivity index (χ0v) is 24.4. The average Bonchev–Trinajstić information content (AvgIpc) is 3.50. The predicted molar refractivity (Wildman–Crippen MR) is 160 cm³/mol. The number of rotatable bonds is 9. The van der Waals surface area contributed by atoms with E-state index >= 15 is 0 Å². The summed E-state index contributed by atoms with van der Waals surface area (Å²) in [4.78, 5) is 11.7. The molecule has 1 aromatic carbocycles. The number of nitriles is 1. The lowest BCUT2D eigenvalue weighted by Gasteiger charge is -2.33. The highest BCUT2D eigenvalue weighted by Crippen LogP contribution is 2.34. The third-order valence-corrected chi connectivity index (χ3v) is 9.11. The molecule has 42 heavy (non-hydrogen) atoms. The van der Waals surface area contributed by atoms with E-state index in [2.05, 4.69) is 52.4 Å². The third kappa shape index (κ3) is 6.21. The maximum atomic E-state index is 12.9. The summed E-state index contributed by atoms with van der Waals surface area (Å²) in [6.45, 7) is 14.0. The van der Waals surface area contributed by atoms with Crippen molar-refractivity contribution < 1.29 is 18.3 Å². The van der Waals surface area contributed by atoms with Crippen LogP contribution in [0.4, 0.5) is 19.0 Å². The minimum atomic E-state index is -4.26. The van der Waals surface area contributed by atoms with Crippen molar-refractivity contribution in [2.24, 2.45) is 0 Å². The molecule has 0 radical (unpaired) electrons. The predicted octanol–water partition coefficient (Wildman–Crippen LogP) is 6.50. The molecule has 4 aromatic rings. The van der Waals surface area contributed by atoms with Crippen molar-refractivity contribution in [3.8, 4) is 6.07 Å². The number of piperidine rings is 1. The Morgan fingerprint density at radius 3 is 2.64 bits per heavy atom. The number of hydrogen-bond donors (Lipinski definition) is 2. The van der Waals surface area contributed by atoms with E-state index in [4.69, 9.17) is 0 Å². The van der Waals surface area contributed by atoms with Crippen molar-refractivity contribution in [2.45, 2.75) is 64.0 Å². The van der Waals surface area contributed by atoms with Gasteiger partial charge >= 0.3 is 6.18 Å². The molecule has 0 amide bonds. The highest BCUT2D eigenvalue weighted by Gasteiger charge is 2.30. The minimum absolute atomic E-state index is 0.152. The lowest BCUT2D eigenvalue weighted by molar-refractivity contribution is -0.126. The van der Waals surface area contributed by atoms with E-state index in [0.29, 0.717) is 27.3 Å². The number of anilines is 1. The number of nitrogens with zero attached hydrogens (tertiary/aromatic N) is 5. The Hall–Kier alpha value is -3.72. The Kier molecular flexibility index (Phi) is 8.16. The zero-order chi connectivity index (χ0) is 30.2. The number of aryl methyl sites for hydroxylation is 1. The molecular weight excluding hydrogens is 561 g/mol. The fraction of sp³-hybridized carbons (Fsp3) is 0.387. The molecule has 0 aliphatic carbocycles. The Bertz CT molecular complexity index is 1690. The first kappa shape index (κ1) is 29.8. The maximum Gasteiger partial charge on any atom is 0.393 e. The number of alkyl halides is 3. The molecule has 0 bridgehead atoms. The van der Waals surface area contributed by atoms with Crippen LogP contribution in [0.2, 0.25) is 0 Å². The summed E-state index contributed by atoms with van der Waals surface area (Å²) in [6, 6.07) is 9.93. The zero-order valence-electron chi connectivity index (χ0n) is 23.6. The summed E-state index contributed by atoms with van der Waals surface area (Å²) in [5.41, 5.74) is 2.88. The average molecular weight is 595 g/mol. The fourth-order valence-electron chi connectivity index (χ4n) is 5.56. The number of thiophene rings is 1. The molecule has 4 heterocycles. The third-order valence-electron chi connectivity index (χ3n) is 8.06. The molecule has 1 aliphatic rings. The van der Waals surface area contributed by atoms with Gasteiger partial charge in [0.15, 0.2) is 0 Å². The molecule has 2 N–H and O–H groups in total. The van der Waals surface area contributed by atoms with Crippen LogP contribution in [-0.4, -0.2) is 55.5 Å². The molecule has 1 fully saturated rings. The normalized spacial score (nSPS) is 16.4. The van der Waals surface area contributed by atoms with E-state index in [1.54, 1.807) is 13.0 Å². The van der Waals surface area contributed by atoms with Gasteiger partial charge in [-0.25, -0.2) is 9.97 Å². The Morgan fingerprint density at radius 2 is 1.98 bits per heavy atom. The number of aromatic nitrogens is 3. The van der Waals surface area contributed by atoms with E-state index in [0.717, 1.165) is 60.3 Å². The standard InChI is InChI=1S/C31H33F3N6OS/c1-5-19(2)30(4,41)17-40-23(15-35)12-25-20(3)21(6-7-27(25)40)16-39-10-8-22(9-11-39)38-28-26-13-24(14-31(32,33)34)42-29(26)37-18-36-28/h5-7,12-13,18,22,41H,1-2,8-11,14,16-17H2,3-4H3,(H,36,37,38). The minimum Gasteiger partial charge on any atom is -0.384 e. The van der Waals surface area contributed by atoms with Gasteiger partial charge in [-0.3, -0.25) is 4.90 Å². The van der Waals surface area contributed by atoms with Crippen LogP contribution in [0.1, 0.15) is 41.5 Å².